The van der Waals surface area contributed by atoms with Crippen molar-refractivity contribution in [2.24, 2.45) is 5.92 Å². The van der Waals surface area contributed by atoms with E-state index in [-0.39, 0.29) is 0 Å². The molecule has 0 spiro atoms. The molecule has 1 heterocycles. The van der Waals surface area contributed by atoms with E-state index in [4.69, 9.17) is 10.2 Å². The molecule has 0 amide bonds. The molecule has 1 aliphatic rings. The molecule has 0 bridgehead atoms. The summed E-state index contributed by atoms with van der Waals surface area (Å²) in [5.41, 5.74) is 2.13. The van der Waals surface area contributed by atoms with Crippen molar-refractivity contribution in [2.75, 3.05) is 0 Å². The average Bonchev–Trinajstić information content (AvgIpc) is 2.93. The van der Waals surface area contributed by atoms with Gasteiger partial charge in [-0.1, -0.05) is 38.3 Å². The first-order valence-corrected chi connectivity index (χ1v) is 8.65. The van der Waals surface area contributed by atoms with Gasteiger partial charge in [0.15, 0.2) is 0 Å². The summed E-state index contributed by atoms with van der Waals surface area (Å²) < 4.78 is 2.13. The monoisotopic (exact) mass is 295 g/mol. The number of benzene rings is 1. The van der Waals surface area contributed by atoms with Gasteiger partial charge in [0.05, 0.1) is 17.1 Å². The normalized spacial score (nSPS) is 21.8. The van der Waals surface area contributed by atoms with E-state index in [9.17, 15) is 0 Å². The summed E-state index contributed by atoms with van der Waals surface area (Å²) >= 11 is 0. The van der Waals surface area contributed by atoms with Crippen molar-refractivity contribution in [2.45, 2.75) is 64.3 Å². The first-order chi connectivity index (χ1) is 10.8. The summed E-state index contributed by atoms with van der Waals surface area (Å²) in [5, 5.41) is 9.16. The second kappa shape index (κ2) is 6.96. The number of fused-ring (bicyclic) bond motifs is 1. The Kier molecular flexibility index (Phi) is 4.77. The van der Waals surface area contributed by atoms with E-state index in [1.165, 1.54) is 44.9 Å². The van der Waals surface area contributed by atoms with Gasteiger partial charge >= 0.3 is 0 Å². The van der Waals surface area contributed by atoms with Crippen molar-refractivity contribution in [3.8, 4) is 6.07 Å². The molecule has 0 N–H and O–H groups in total. The number of nitrogens with zero attached hydrogens (tertiary/aromatic N) is 3. The number of hydrogen-bond acceptors (Lipinski definition) is 2. The number of aromatic nitrogens is 2. The lowest BCUT2D eigenvalue weighted by atomic mass is 9.79. The molecule has 22 heavy (non-hydrogen) atoms. The molecule has 1 fully saturated rings. The van der Waals surface area contributed by atoms with Crippen molar-refractivity contribution < 1.29 is 0 Å². The van der Waals surface area contributed by atoms with E-state index >= 15 is 0 Å². The minimum atomic E-state index is 0.408. The third-order valence-electron chi connectivity index (χ3n) is 5.09. The molecular weight excluding hydrogens is 270 g/mol. The second-order valence-corrected chi connectivity index (χ2v) is 6.56. The SMILES string of the molecule is CCCCC1CCC(c2nc3ccccc3n2CC#N)CC1. The number of hydrogen-bond donors (Lipinski definition) is 0. The number of imidazole rings is 1. The smallest absolute Gasteiger partial charge is 0.113 e. The summed E-state index contributed by atoms with van der Waals surface area (Å²) in [7, 11) is 0. The molecule has 0 aliphatic heterocycles. The molecule has 3 heteroatoms. The van der Waals surface area contributed by atoms with Crippen LogP contribution in [0.2, 0.25) is 0 Å². The summed E-state index contributed by atoms with van der Waals surface area (Å²) in [6, 6.07) is 10.5. The van der Waals surface area contributed by atoms with Crippen LogP contribution in [0.3, 0.4) is 0 Å². The summed E-state index contributed by atoms with van der Waals surface area (Å²) in [6.45, 7) is 2.68. The molecule has 3 rings (SSSR count). The van der Waals surface area contributed by atoms with E-state index in [0.717, 1.165) is 22.8 Å². The Morgan fingerprint density at radius 1 is 1.23 bits per heavy atom. The largest absolute Gasteiger partial charge is 0.314 e. The summed E-state index contributed by atoms with van der Waals surface area (Å²) in [6.07, 6.45) is 9.14. The van der Waals surface area contributed by atoms with Gasteiger partial charge in [-0.25, -0.2) is 4.98 Å². The minimum Gasteiger partial charge on any atom is -0.314 e. The van der Waals surface area contributed by atoms with Crippen LogP contribution in [0, 0.1) is 17.2 Å². The van der Waals surface area contributed by atoms with E-state index in [0.29, 0.717) is 12.5 Å². The van der Waals surface area contributed by atoms with Gasteiger partial charge in [0, 0.05) is 5.92 Å². The van der Waals surface area contributed by atoms with Gasteiger partial charge in [0.1, 0.15) is 12.4 Å². The predicted molar refractivity (Wildman–Crippen MR) is 89.6 cm³/mol. The first kappa shape index (κ1) is 15.1. The van der Waals surface area contributed by atoms with Crippen LogP contribution in [0.1, 0.15) is 63.6 Å². The van der Waals surface area contributed by atoms with Crippen molar-refractivity contribution in [1.29, 1.82) is 5.26 Å². The van der Waals surface area contributed by atoms with Crippen LogP contribution in [0.25, 0.3) is 11.0 Å². The van der Waals surface area contributed by atoms with Crippen molar-refractivity contribution in [1.82, 2.24) is 9.55 Å². The Morgan fingerprint density at radius 2 is 2.00 bits per heavy atom. The molecule has 3 nitrogen and oxygen atoms in total. The Hall–Kier alpha value is -1.82. The number of nitriles is 1. The van der Waals surface area contributed by atoms with E-state index in [1.807, 2.05) is 12.1 Å². The van der Waals surface area contributed by atoms with Gasteiger partial charge in [0.2, 0.25) is 0 Å². The quantitative estimate of drug-likeness (QED) is 0.776. The molecule has 0 saturated heterocycles. The van der Waals surface area contributed by atoms with Crippen LogP contribution in [0.5, 0.6) is 0 Å². The Morgan fingerprint density at radius 3 is 2.73 bits per heavy atom. The maximum Gasteiger partial charge on any atom is 0.113 e. The predicted octanol–water partition coefficient (Wildman–Crippen LogP) is 5.02. The van der Waals surface area contributed by atoms with Gasteiger partial charge in [-0.05, 0) is 43.7 Å². The van der Waals surface area contributed by atoms with Crippen molar-refractivity contribution in [3.05, 3.63) is 30.1 Å². The zero-order chi connectivity index (χ0) is 15.4. The van der Waals surface area contributed by atoms with Crippen LogP contribution in [0.4, 0.5) is 0 Å². The number of unbranched alkanes of at least 4 members (excludes halogenated alkanes) is 1. The molecule has 0 unspecified atom stereocenters. The van der Waals surface area contributed by atoms with Gasteiger partial charge in [-0.3, -0.25) is 0 Å². The van der Waals surface area contributed by atoms with Crippen molar-refractivity contribution >= 4 is 11.0 Å². The molecule has 2 aromatic rings. The van der Waals surface area contributed by atoms with Crippen LogP contribution < -0.4 is 0 Å². The molecule has 116 valence electrons. The lowest BCUT2D eigenvalue weighted by Crippen LogP contribution is -2.17. The van der Waals surface area contributed by atoms with Gasteiger partial charge in [-0.15, -0.1) is 0 Å². The summed E-state index contributed by atoms with van der Waals surface area (Å²) in [5.74, 6) is 2.57. The highest BCUT2D eigenvalue weighted by Gasteiger charge is 2.26. The highest BCUT2D eigenvalue weighted by atomic mass is 15.1. The first-order valence-electron chi connectivity index (χ1n) is 8.65. The van der Waals surface area contributed by atoms with Crippen LogP contribution in [0.15, 0.2) is 24.3 Å². The zero-order valence-electron chi connectivity index (χ0n) is 13.5. The third kappa shape index (κ3) is 3.02. The van der Waals surface area contributed by atoms with E-state index in [1.54, 1.807) is 0 Å². The van der Waals surface area contributed by atoms with Crippen LogP contribution in [-0.4, -0.2) is 9.55 Å². The van der Waals surface area contributed by atoms with E-state index in [2.05, 4.69) is 29.7 Å². The highest BCUT2D eigenvalue weighted by molar-refractivity contribution is 5.76. The molecule has 1 aromatic heterocycles. The molecule has 1 aliphatic carbocycles. The van der Waals surface area contributed by atoms with Crippen molar-refractivity contribution in [3.63, 3.8) is 0 Å². The minimum absolute atomic E-state index is 0.408. The number of rotatable bonds is 5. The van der Waals surface area contributed by atoms with Gasteiger partial charge in [0.25, 0.3) is 0 Å². The third-order valence-corrected chi connectivity index (χ3v) is 5.09. The fourth-order valence-electron chi connectivity index (χ4n) is 3.84. The van der Waals surface area contributed by atoms with E-state index < -0.39 is 0 Å². The molecular formula is C19H25N3. The lowest BCUT2D eigenvalue weighted by Gasteiger charge is -2.28. The molecule has 0 atom stereocenters. The Labute approximate surface area is 133 Å². The standard InChI is InChI=1S/C19H25N3/c1-2-3-6-15-9-11-16(12-10-15)19-21-17-7-4-5-8-18(17)22(19)14-13-20/h4-5,7-8,15-16H,2-3,6,9-12,14H2,1H3. The molecule has 1 saturated carbocycles. The zero-order valence-corrected chi connectivity index (χ0v) is 13.5. The van der Waals surface area contributed by atoms with Gasteiger partial charge < -0.3 is 4.57 Å². The molecule has 1 aromatic carbocycles. The topological polar surface area (TPSA) is 41.6 Å². The Bertz CT molecular complexity index is 657. The van der Waals surface area contributed by atoms with Crippen LogP contribution in [-0.2, 0) is 6.54 Å². The van der Waals surface area contributed by atoms with Gasteiger partial charge in [-0.2, -0.15) is 5.26 Å². The Balaban J connectivity index is 1.79. The molecule has 0 radical (unpaired) electrons. The summed E-state index contributed by atoms with van der Waals surface area (Å²) in [4.78, 5) is 4.85. The highest BCUT2D eigenvalue weighted by Crippen LogP contribution is 2.38. The van der Waals surface area contributed by atoms with Crippen LogP contribution >= 0.6 is 0 Å². The number of para-hydroxylation sites is 2. The fraction of sp³-hybridized carbons (Fsp3) is 0.579. The second-order valence-electron chi connectivity index (χ2n) is 6.56. The maximum atomic E-state index is 9.16. The fourth-order valence-corrected chi connectivity index (χ4v) is 3.84. The average molecular weight is 295 g/mol. The maximum absolute atomic E-state index is 9.16. The lowest BCUT2D eigenvalue weighted by molar-refractivity contribution is 0.296.